The van der Waals surface area contributed by atoms with Gasteiger partial charge in [0, 0.05) is 17.8 Å². The lowest BCUT2D eigenvalue weighted by atomic mass is 9.96. The number of unbranched alkanes of at least 4 members (excludes halogenated alkanes) is 5. The van der Waals surface area contributed by atoms with Gasteiger partial charge in [0.15, 0.2) is 0 Å². The van der Waals surface area contributed by atoms with Crippen molar-refractivity contribution in [2.45, 2.75) is 105 Å². The molecule has 2 N–H and O–H groups in total. The van der Waals surface area contributed by atoms with Gasteiger partial charge in [0.2, 0.25) is 5.91 Å². The van der Waals surface area contributed by atoms with Crippen LogP contribution in [0.1, 0.15) is 101 Å². The third-order valence-corrected chi connectivity index (χ3v) is 6.84. The highest BCUT2D eigenvalue weighted by molar-refractivity contribution is 6.00. The zero-order valence-corrected chi connectivity index (χ0v) is 25.8. The molecular formula is C34H47N3O4. The van der Waals surface area contributed by atoms with E-state index in [1.807, 2.05) is 44.2 Å². The molecule has 2 unspecified atom stereocenters. The van der Waals surface area contributed by atoms with Crippen LogP contribution in [0, 0.1) is 26.2 Å². The number of benzene rings is 2. The molecule has 7 nitrogen and oxygen atoms in total. The number of anilines is 1. The predicted octanol–water partition coefficient (Wildman–Crippen LogP) is 7.07. The summed E-state index contributed by atoms with van der Waals surface area (Å²) in [6.45, 7) is 13.2. The Morgan fingerprint density at radius 2 is 1.56 bits per heavy atom. The second kappa shape index (κ2) is 15.9. The van der Waals surface area contributed by atoms with Crippen molar-refractivity contribution in [2.75, 3.05) is 11.9 Å². The Morgan fingerprint density at radius 1 is 0.951 bits per heavy atom. The van der Waals surface area contributed by atoms with E-state index < -0.39 is 29.7 Å². The summed E-state index contributed by atoms with van der Waals surface area (Å²) in [5.74, 6) is 1.92. The fraction of sp³-hybridized carbons (Fsp3) is 0.500. The van der Waals surface area contributed by atoms with Gasteiger partial charge in [-0.2, -0.15) is 0 Å². The first-order valence-corrected chi connectivity index (χ1v) is 14.6. The largest absolute Gasteiger partial charge is 0.444 e. The van der Waals surface area contributed by atoms with E-state index in [0.717, 1.165) is 43.2 Å². The number of nitrogens with one attached hydrogen (secondary N) is 2. The number of ether oxygens (including phenoxy) is 1. The number of nitrogens with zero attached hydrogens (tertiary/aromatic N) is 1. The van der Waals surface area contributed by atoms with E-state index in [1.54, 1.807) is 44.7 Å². The average Bonchev–Trinajstić information content (AvgIpc) is 2.90. The number of para-hydroxylation sites is 1. The standard InChI is InChI=1S/C34H47N3O4/c1-9-11-12-13-14-17-23-37(32(39)26(5)35-33(40)41-34(6,7)8)30(28-22-16-15-21-27(28)10-2)31(38)36-29-24(3)19-18-20-25(29)4/h2,15-16,18-22,26,30H,9,11-14,17,23H2,1,3-8H3,(H,35,40)(H,36,38). The van der Waals surface area contributed by atoms with Crippen molar-refractivity contribution < 1.29 is 19.1 Å². The maximum Gasteiger partial charge on any atom is 0.408 e. The molecule has 0 aromatic heterocycles. The van der Waals surface area contributed by atoms with Crippen LogP contribution in [0.25, 0.3) is 0 Å². The van der Waals surface area contributed by atoms with Crippen molar-refractivity contribution in [3.8, 4) is 12.3 Å². The van der Waals surface area contributed by atoms with Gasteiger partial charge < -0.3 is 20.3 Å². The van der Waals surface area contributed by atoms with Crippen LogP contribution in [0.4, 0.5) is 10.5 Å². The maximum absolute atomic E-state index is 14.2. The summed E-state index contributed by atoms with van der Waals surface area (Å²) in [4.78, 5) is 42.3. The smallest absolute Gasteiger partial charge is 0.408 e. The maximum atomic E-state index is 14.2. The Morgan fingerprint density at radius 3 is 2.17 bits per heavy atom. The topological polar surface area (TPSA) is 87.7 Å². The van der Waals surface area contributed by atoms with Crippen LogP contribution in [0.3, 0.4) is 0 Å². The van der Waals surface area contributed by atoms with Gasteiger partial charge in [-0.05, 0) is 70.7 Å². The SMILES string of the molecule is C#Cc1ccccc1C(C(=O)Nc1c(C)cccc1C)N(CCCCCCCC)C(=O)C(C)NC(=O)OC(C)(C)C. The fourth-order valence-electron chi connectivity index (χ4n) is 4.74. The lowest BCUT2D eigenvalue weighted by Gasteiger charge is -2.34. The van der Waals surface area contributed by atoms with Crippen LogP contribution in [0.2, 0.25) is 0 Å². The van der Waals surface area contributed by atoms with Gasteiger partial charge in [0.25, 0.3) is 5.91 Å². The molecule has 222 valence electrons. The third-order valence-electron chi connectivity index (χ3n) is 6.84. The molecule has 0 fully saturated rings. The van der Waals surface area contributed by atoms with Crippen LogP contribution in [0.15, 0.2) is 42.5 Å². The molecule has 0 saturated carbocycles. The number of terminal acetylenes is 1. The molecule has 2 atom stereocenters. The highest BCUT2D eigenvalue weighted by Crippen LogP contribution is 2.29. The van der Waals surface area contributed by atoms with Crippen molar-refractivity contribution in [3.63, 3.8) is 0 Å². The molecular weight excluding hydrogens is 514 g/mol. The van der Waals surface area contributed by atoms with Gasteiger partial charge >= 0.3 is 6.09 Å². The molecule has 3 amide bonds. The molecule has 41 heavy (non-hydrogen) atoms. The molecule has 0 spiro atoms. The number of carbonyl (C=O) groups excluding carboxylic acids is 3. The minimum Gasteiger partial charge on any atom is -0.444 e. The summed E-state index contributed by atoms with van der Waals surface area (Å²) in [6.07, 6.45) is 11.3. The van der Waals surface area contributed by atoms with Crippen LogP contribution >= 0.6 is 0 Å². The lowest BCUT2D eigenvalue weighted by Crippen LogP contribution is -2.51. The summed E-state index contributed by atoms with van der Waals surface area (Å²) in [7, 11) is 0. The Kier molecular flexibility index (Phi) is 12.9. The van der Waals surface area contributed by atoms with E-state index in [4.69, 9.17) is 11.2 Å². The van der Waals surface area contributed by atoms with Crippen molar-refractivity contribution in [1.29, 1.82) is 0 Å². The predicted molar refractivity (Wildman–Crippen MR) is 166 cm³/mol. The number of alkyl carbamates (subject to hydrolysis) is 1. The molecule has 0 heterocycles. The molecule has 0 radical (unpaired) electrons. The van der Waals surface area contributed by atoms with Crippen LogP contribution in [-0.2, 0) is 14.3 Å². The first kappa shape index (κ1) is 33.4. The molecule has 0 aliphatic rings. The molecule has 2 aromatic carbocycles. The van der Waals surface area contributed by atoms with Crippen molar-refractivity contribution >= 4 is 23.6 Å². The van der Waals surface area contributed by atoms with Gasteiger partial charge in [-0.15, -0.1) is 6.42 Å². The lowest BCUT2D eigenvalue weighted by molar-refractivity contribution is -0.140. The number of hydrogen-bond donors (Lipinski definition) is 2. The molecule has 2 rings (SSSR count). The van der Waals surface area contributed by atoms with Crippen molar-refractivity contribution in [3.05, 3.63) is 64.7 Å². The van der Waals surface area contributed by atoms with Crippen LogP contribution < -0.4 is 10.6 Å². The Hall–Kier alpha value is -3.79. The second-order valence-electron chi connectivity index (χ2n) is 11.6. The van der Waals surface area contributed by atoms with Gasteiger partial charge in [-0.1, -0.05) is 81.3 Å². The highest BCUT2D eigenvalue weighted by Gasteiger charge is 2.36. The molecule has 0 saturated heterocycles. The zero-order chi connectivity index (χ0) is 30.6. The normalized spacial score (nSPS) is 12.5. The Bertz CT molecular complexity index is 1200. The summed E-state index contributed by atoms with van der Waals surface area (Å²) in [5.41, 5.74) is 2.90. The molecule has 2 aromatic rings. The van der Waals surface area contributed by atoms with Gasteiger partial charge in [0.05, 0.1) is 0 Å². The van der Waals surface area contributed by atoms with Gasteiger partial charge in [-0.25, -0.2) is 4.79 Å². The quantitative estimate of drug-likeness (QED) is 0.202. The first-order valence-electron chi connectivity index (χ1n) is 14.6. The summed E-state index contributed by atoms with van der Waals surface area (Å²) >= 11 is 0. The van der Waals surface area contributed by atoms with E-state index in [0.29, 0.717) is 29.8 Å². The molecule has 7 heteroatoms. The van der Waals surface area contributed by atoms with E-state index in [2.05, 4.69) is 23.5 Å². The van der Waals surface area contributed by atoms with Crippen molar-refractivity contribution in [2.24, 2.45) is 0 Å². The minimum atomic E-state index is -1.01. The minimum absolute atomic E-state index is 0.328. The van der Waals surface area contributed by atoms with Gasteiger partial charge in [0.1, 0.15) is 17.7 Å². The van der Waals surface area contributed by atoms with E-state index >= 15 is 0 Å². The molecule has 0 aliphatic heterocycles. The van der Waals surface area contributed by atoms with Crippen molar-refractivity contribution in [1.82, 2.24) is 10.2 Å². The van der Waals surface area contributed by atoms with E-state index in [9.17, 15) is 14.4 Å². The third kappa shape index (κ3) is 10.3. The van der Waals surface area contributed by atoms with E-state index in [-0.39, 0.29) is 5.91 Å². The monoisotopic (exact) mass is 561 g/mol. The van der Waals surface area contributed by atoms with Crippen LogP contribution in [-0.4, -0.2) is 41.0 Å². The summed E-state index contributed by atoms with van der Waals surface area (Å²) in [6, 6.07) is 11.0. The number of hydrogen-bond acceptors (Lipinski definition) is 4. The summed E-state index contributed by atoms with van der Waals surface area (Å²) in [5, 5.41) is 5.73. The second-order valence-corrected chi connectivity index (χ2v) is 11.6. The molecule has 0 aliphatic carbocycles. The Balaban J connectivity index is 2.50. The number of amides is 3. The summed E-state index contributed by atoms with van der Waals surface area (Å²) < 4.78 is 5.38. The fourth-order valence-corrected chi connectivity index (χ4v) is 4.74. The number of rotatable bonds is 13. The number of aryl methyl sites for hydroxylation is 2. The van der Waals surface area contributed by atoms with Gasteiger partial charge in [-0.3, -0.25) is 9.59 Å². The highest BCUT2D eigenvalue weighted by atomic mass is 16.6. The Labute approximate surface area is 246 Å². The number of carbonyl (C=O) groups is 3. The van der Waals surface area contributed by atoms with E-state index in [1.165, 1.54) is 0 Å². The molecule has 0 bridgehead atoms. The first-order chi connectivity index (χ1) is 19.4. The van der Waals surface area contributed by atoms with Crippen LogP contribution in [0.5, 0.6) is 0 Å². The zero-order valence-electron chi connectivity index (χ0n) is 25.8. The average molecular weight is 562 g/mol.